The van der Waals surface area contributed by atoms with Gasteiger partial charge in [0.15, 0.2) is 6.04 Å². The number of aromatic nitrogens is 3. The second-order valence-corrected chi connectivity index (χ2v) is 5.75. The maximum atomic E-state index is 11.8. The van der Waals surface area contributed by atoms with Crippen LogP contribution >= 0.6 is 0 Å². The number of aliphatic carboxylic acids is 1. The van der Waals surface area contributed by atoms with Gasteiger partial charge in [-0.15, -0.1) is 0 Å². The summed E-state index contributed by atoms with van der Waals surface area (Å²) in [4.78, 5) is 43.8. The fourth-order valence-corrected chi connectivity index (χ4v) is 2.62. The molecule has 4 N–H and O–H groups in total. The molecule has 1 unspecified atom stereocenters. The number of H-pyrrole nitrogens is 2. The maximum Gasteiger partial charge on any atom is 0.330 e. The monoisotopic (exact) mass is 356 g/mol. The van der Waals surface area contributed by atoms with Crippen molar-refractivity contribution in [2.75, 3.05) is 0 Å². The van der Waals surface area contributed by atoms with Gasteiger partial charge in [0.1, 0.15) is 5.56 Å². The molecule has 9 nitrogen and oxygen atoms in total. The van der Waals surface area contributed by atoms with Crippen LogP contribution in [-0.2, 0) is 18.3 Å². The molecule has 134 valence electrons. The highest BCUT2D eigenvalue weighted by molar-refractivity contribution is 5.87. The minimum absolute atomic E-state index is 0.0975. The van der Waals surface area contributed by atoms with E-state index < -0.39 is 29.1 Å². The molecule has 2 heterocycles. The van der Waals surface area contributed by atoms with Crippen molar-refractivity contribution in [1.29, 1.82) is 0 Å². The number of carbonyl (C=O) groups is 1. The molecule has 0 aliphatic carbocycles. The van der Waals surface area contributed by atoms with Crippen LogP contribution in [0.3, 0.4) is 0 Å². The number of hydrogen-bond donors (Lipinski definition) is 4. The molecule has 1 aromatic carbocycles. The normalized spacial score (nSPS) is 12.7. The molecule has 0 saturated carbocycles. The Morgan fingerprint density at radius 3 is 2.81 bits per heavy atom. The van der Waals surface area contributed by atoms with Crippen LogP contribution in [0.25, 0.3) is 10.9 Å². The molecule has 0 fully saturated rings. The van der Waals surface area contributed by atoms with E-state index in [0.717, 1.165) is 27.2 Å². The quantitative estimate of drug-likeness (QED) is 0.489. The lowest BCUT2D eigenvalue weighted by Crippen LogP contribution is -2.31. The Kier molecular flexibility index (Phi) is 4.44. The Morgan fingerprint density at radius 1 is 1.35 bits per heavy atom. The molecule has 0 radical (unpaired) electrons. The second-order valence-electron chi connectivity index (χ2n) is 5.75. The molecular weight excluding hydrogens is 340 g/mol. The van der Waals surface area contributed by atoms with E-state index in [2.05, 4.69) is 9.98 Å². The number of nitrogens with one attached hydrogen (secondary N) is 2. The summed E-state index contributed by atoms with van der Waals surface area (Å²) in [7, 11) is 1.27. The van der Waals surface area contributed by atoms with Gasteiger partial charge in [-0.05, 0) is 11.6 Å². The van der Waals surface area contributed by atoms with Gasteiger partial charge in [-0.1, -0.05) is 18.2 Å². The number of aromatic hydroxyl groups is 1. The zero-order valence-corrected chi connectivity index (χ0v) is 13.8. The van der Waals surface area contributed by atoms with Gasteiger partial charge in [-0.25, -0.2) is 9.59 Å². The molecule has 0 bridgehead atoms. The highest BCUT2D eigenvalue weighted by Crippen LogP contribution is 2.20. The number of carboxylic acid groups (broad SMARTS) is 1. The summed E-state index contributed by atoms with van der Waals surface area (Å²) in [6.07, 6.45) is 2.79. The summed E-state index contributed by atoms with van der Waals surface area (Å²) in [5.41, 5.74) is -0.257. The predicted molar refractivity (Wildman–Crippen MR) is 95.0 cm³/mol. The average molecular weight is 356 g/mol. The van der Waals surface area contributed by atoms with Crippen LogP contribution in [-0.4, -0.2) is 43.0 Å². The van der Waals surface area contributed by atoms with Gasteiger partial charge < -0.3 is 15.2 Å². The van der Waals surface area contributed by atoms with E-state index in [1.54, 1.807) is 6.20 Å². The van der Waals surface area contributed by atoms with Crippen molar-refractivity contribution in [2.45, 2.75) is 12.5 Å². The van der Waals surface area contributed by atoms with Crippen LogP contribution in [0.5, 0.6) is 5.88 Å². The minimum atomic E-state index is -1.17. The van der Waals surface area contributed by atoms with Gasteiger partial charge in [0.2, 0.25) is 5.88 Å². The van der Waals surface area contributed by atoms with Gasteiger partial charge in [0.05, 0.1) is 0 Å². The standard InChI is InChI=1S/C17H16N4O5/c1-21-15(23)11(14(22)20-17(21)26)8-19-13(16(24)25)6-9-7-18-12-5-3-2-4-10(9)12/h2-5,7-8,13,18,23H,6H2,1H3,(H,24,25)(H,20,22,26). The SMILES string of the molecule is Cn1c(O)c(C=NC(Cc2c[nH]c3ccccc23)C(=O)O)c(=O)[nH]c1=O. The molecule has 26 heavy (non-hydrogen) atoms. The van der Waals surface area contributed by atoms with E-state index in [1.807, 2.05) is 29.2 Å². The van der Waals surface area contributed by atoms with E-state index in [4.69, 9.17) is 0 Å². The smallest absolute Gasteiger partial charge is 0.330 e. The van der Waals surface area contributed by atoms with Crippen molar-refractivity contribution in [2.24, 2.45) is 12.0 Å². The summed E-state index contributed by atoms with van der Waals surface area (Å²) in [6.45, 7) is 0. The molecule has 0 saturated heterocycles. The number of carboxylic acids is 1. The van der Waals surface area contributed by atoms with Crippen molar-refractivity contribution in [3.05, 3.63) is 62.4 Å². The predicted octanol–water partition coefficient (Wildman–Crippen LogP) is 0.375. The Morgan fingerprint density at radius 2 is 2.08 bits per heavy atom. The van der Waals surface area contributed by atoms with E-state index in [0.29, 0.717) is 0 Å². The number of nitrogens with zero attached hydrogens (tertiary/aromatic N) is 2. The summed E-state index contributed by atoms with van der Waals surface area (Å²) in [6, 6.07) is 6.29. The first-order chi connectivity index (χ1) is 12.4. The fraction of sp³-hybridized carbons (Fsp3) is 0.176. The molecule has 0 spiro atoms. The van der Waals surface area contributed by atoms with Crippen LogP contribution < -0.4 is 11.2 Å². The van der Waals surface area contributed by atoms with Crippen molar-refractivity contribution in [3.8, 4) is 5.88 Å². The maximum absolute atomic E-state index is 11.8. The molecule has 0 amide bonds. The minimum Gasteiger partial charge on any atom is -0.494 e. The third kappa shape index (κ3) is 3.14. The largest absolute Gasteiger partial charge is 0.494 e. The average Bonchev–Trinajstić information content (AvgIpc) is 3.01. The van der Waals surface area contributed by atoms with E-state index in [-0.39, 0.29) is 12.0 Å². The first kappa shape index (κ1) is 17.2. The third-order valence-corrected chi connectivity index (χ3v) is 4.09. The number of benzene rings is 1. The highest BCUT2D eigenvalue weighted by Gasteiger charge is 2.19. The van der Waals surface area contributed by atoms with Crippen LogP contribution in [0.1, 0.15) is 11.1 Å². The molecule has 2 aromatic heterocycles. The first-order valence-electron chi connectivity index (χ1n) is 7.71. The molecule has 0 aliphatic rings. The van der Waals surface area contributed by atoms with Crippen LogP contribution in [0, 0.1) is 0 Å². The van der Waals surface area contributed by atoms with Crippen LogP contribution in [0.4, 0.5) is 0 Å². The van der Waals surface area contributed by atoms with Gasteiger partial charge in [0, 0.05) is 36.8 Å². The number of fused-ring (bicyclic) bond motifs is 1. The zero-order chi connectivity index (χ0) is 18.8. The van der Waals surface area contributed by atoms with Gasteiger partial charge in [-0.2, -0.15) is 0 Å². The number of aromatic amines is 2. The fourth-order valence-electron chi connectivity index (χ4n) is 2.62. The van der Waals surface area contributed by atoms with Crippen LogP contribution in [0.15, 0.2) is 45.0 Å². The van der Waals surface area contributed by atoms with E-state index in [1.165, 1.54) is 7.05 Å². The summed E-state index contributed by atoms with van der Waals surface area (Å²) < 4.78 is 0.832. The van der Waals surface area contributed by atoms with Crippen molar-refractivity contribution in [1.82, 2.24) is 14.5 Å². The topological polar surface area (TPSA) is 141 Å². The molecule has 9 heteroatoms. The number of rotatable bonds is 5. The van der Waals surface area contributed by atoms with E-state index >= 15 is 0 Å². The Hall–Kier alpha value is -3.62. The van der Waals surface area contributed by atoms with Crippen molar-refractivity contribution in [3.63, 3.8) is 0 Å². The highest BCUT2D eigenvalue weighted by atomic mass is 16.4. The lowest BCUT2D eigenvalue weighted by Gasteiger charge is -2.07. The molecular formula is C17H16N4O5. The Balaban J connectivity index is 1.94. The second kappa shape index (κ2) is 6.71. The third-order valence-electron chi connectivity index (χ3n) is 4.09. The lowest BCUT2D eigenvalue weighted by atomic mass is 10.1. The molecule has 3 aromatic rings. The number of aliphatic imine (C=N–C) groups is 1. The molecule has 1 atom stereocenters. The first-order valence-corrected chi connectivity index (χ1v) is 7.71. The van der Waals surface area contributed by atoms with Gasteiger partial charge in [-0.3, -0.25) is 19.3 Å². The van der Waals surface area contributed by atoms with Crippen molar-refractivity contribution >= 4 is 23.1 Å². The van der Waals surface area contributed by atoms with Gasteiger partial charge >= 0.3 is 11.7 Å². The Bertz CT molecular complexity index is 1120. The molecule has 0 aliphatic heterocycles. The summed E-state index contributed by atoms with van der Waals surface area (Å²) in [5.74, 6) is -1.76. The van der Waals surface area contributed by atoms with E-state index in [9.17, 15) is 24.6 Å². The lowest BCUT2D eigenvalue weighted by molar-refractivity contribution is -0.138. The number of hydrogen-bond acceptors (Lipinski definition) is 5. The van der Waals surface area contributed by atoms with Gasteiger partial charge in [0.25, 0.3) is 5.56 Å². The molecule has 3 rings (SSSR count). The Labute approximate surface area is 146 Å². The summed E-state index contributed by atoms with van der Waals surface area (Å²) in [5, 5.41) is 20.2. The zero-order valence-electron chi connectivity index (χ0n) is 13.8. The number of para-hydroxylation sites is 1. The summed E-state index contributed by atoms with van der Waals surface area (Å²) >= 11 is 0. The van der Waals surface area contributed by atoms with Crippen LogP contribution in [0.2, 0.25) is 0 Å². The van der Waals surface area contributed by atoms with Crippen molar-refractivity contribution < 1.29 is 15.0 Å².